The molecule has 0 spiro atoms. The number of aromatic amines is 1. The van der Waals surface area contributed by atoms with E-state index >= 15 is 0 Å². The highest BCUT2D eigenvalue weighted by Crippen LogP contribution is 2.30. The summed E-state index contributed by atoms with van der Waals surface area (Å²) in [4.78, 5) is 24.8. The van der Waals surface area contributed by atoms with E-state index in [9.17, 15) is 9.59 Å². The van der Waals surface area contributed by atoms with Crippen LogP contribution in [0.1, 0.15) is 85.9 Å². The summed E-state index contributed by atoms with van der Waals surface area (Å²) in [5.74, 6) is 1.97. The van der Waals surface area contributed by atoms with Gasteiger partial charge in [0.25, 0.3) is 5.56 Å². The molecule has 0 radical (unpaired) electrons. The number of hydrogen-bond donors (Lipinski definition) is 2. The molecule has 1 heterocycles. The highest BCUT2D eigenvalue weighted by Gasteiger charge is 2.14. The van der Waals surface area contributed by atoms with Crippen LogP contribution in [-0.4, -0.2) is 42.7 Å². The van der Waals surface area contributed by atoms with Crippen molar-refractivity contribution in [1.29, 1.82) is 0 Å². The third-order valence-electron chi connectivity index (χ3n) is 4.81. The fourth-order valence-electron chi connectivity index (χ4n) is 2.97. The smallest absolute Gasteiger partial charge is 0.274 e. The molecule has 34 heavy (non-hydrogen) atoms. The minimum Gasteiger partial charge on any atom is -0.493 e. The molecule has 194 valence electrons. The van der Waals surface area contributed by atoms with Crippen LogP contribution >= 0.6 is 0 Å². The van der Waals surface area contributed by atoms with Crippen LogP contribution in [0, 0.1) is 5.92 Å². The first kappa shape index (κ1) is 33.4. The molecule has 1 atom stereocenters. The number of nitrogens with one attached hydrogen (secondary N) is 2. The van der Waals surface area contributed by atoms with Gasteiger partial charge in [0.15, 0.2) is 17.3 Å². The van der Waals surface area contributed by atoms with Gasteiger partial charge in [0, 0.05) is 11.5 Å². The van der Waals surface area contributed by atoms with Crippen LogP contribution in [0.15, 0.2) is 23.0 Å². The Hall–Kier alpha value is -2.74. The van der Waals surface area contributed by atoms with E-state index in [1.165, 1.54) is 12.8 Å². The monoisotopic (exact) mass is 478 g/mol. The second kappa shape index (κ2) is 20.8. The molecule has 0 saturated heterocycles. The summed E-state index contributed by atoms with van der Waals surface area (Å²) in [7, 11) is 4.87. The van der Waals surface area contributed by atoms with E-state index in [1.807, 2.05) is 48.5 Å². The Bertz CT molecular complexity index is 834. The fourth-order valence-corrected chi connectivity index (χ4v) is 2.97. The van der Waals surface area contributed by atoms with Crippen LogP contribution < -0.4 is 20.3 Å². The number of benzene rings is 1. The number of methoxy groups -OCH3 is 2. The van der Waals surface area contributed by atoms with Crippen molar-refractivity contribution in [3.8, 4) is 22.9 Å². The molecule has 8 nitrogen and oxygen atoms in total. The molecular formula is C26H46N4O4. The minimum absolute atomic E-state index is 0.166. The molecule has 3 rings (SSSR count). The van der Waals surface area contributed by atoms with Gasteiger partial charge < -0.3 is 24.6 Å². The normalized spacial score (nSPS) is 12.6. The van der Waals surface area contributed by atoms with Gasteiger partial charge in [-0.25, -0.2) is 0 Å². The maximum Gasteiger partial charge on any atom is 0.274 e. The quantitative estimate of drug-likeness (QED) is 0.522. The molecular weight excluding hydrogens is 432 g/mol. The zero-order valence-electron chi connectivity index (χ0n) is 22.8. The number of H-pyrrole nitrogens is 1. The average molecular weight is 479 g/mol. The first-order valence-corrected chi connectivity index (χ1v) is 12.4. The Labute approximate surface area is 205 Å². The van der Waals surface area contributed by atoms with Crippen molar-refractivity contribution in [2.24, 2.45) is 5.92 Å². The summed E-state index contributed by atoms with van der Waals surface area (Å²) in [6, 6.07) is 5.10. The Morgan fingerprint density at radius 1 is 1.00 bits per heavy atom. The van der Waals surface area contributed by atoms with Crippen molar-refractivity contribution < 1.29 is 14.3 Å². The summed E-state index contributed by atoms with van der Waals surface area (Å²) in [6.07, 6.45) is 5.91. The standard InChI is InChI=1S/C14H18N4O3.C6H10O.3C2H6/c1-8(15-2)12-14(19)16-13(18-17-12)9-5-6-10(20-3)11(7-9)21-4;7-5-6-3-1-2-4-6;3*1-2/h5-8,15H,1-4H3,(H,16,18,19);5-6H,1-4H2;3*1-2H3. The third kappa shape index (κ3) is 10.9. The first-order chi connectivity index (χ1) is 16.5. The lowest BCUT2D eigenvalue weighted by atomic mass is 10.1. The number of rotatable bonds is 6. The van der Waals surface area contributed by atoms with Crippen LogP contribution in [0.2, 0.25) is 0 Å². The van der Waals surface area contributed by atoms with Crippen molar-refractivity contribution in [3.63, 3.8) is 0 Å². The van der Waals surface area contributed by atoms with Gasteiger partial charge in [-0.1, -0.05) is 54.4 Å². The topological polar surface area (TPSA) is 106 Å². The molecule has 1 unspecified atom stereocenters. The van der Waals surface area contributed by atoms with Crippen LogP contribution in [0.4, 0.5) is 0 Å². The maximum absolute atomic E-state index is 12.0. The van der Waals surface area contributed by atoms with Crippen molar-refractivity contribution in [2.45, 2.75) is 80.2 Å². The maximum atomic E-state index is 12.0. The Balaban J connectivity index is 0. The Kier molecular flexibility index (Phi) is 20.5. The molecule has 1 fully saturated rings. The predicted molar refractivity (Wildman–Crippen MR) is 141 cm³/mol. The van der Waals surface area contributed by atoms with Gasteiger partial charge in [-0.3, -0.25) is 4.79 Å². The second-order valence-corrected chi connectivity index (χ2v) is 6.65. The van der Waals surface area contributed by atoms with E-state index in [2.05, 4.69) is 20.5 Å². The Morgan fingerprint density at radius 3 is 1.97 bits per heavy atom. The molecule has 1 aliphatic carbocycles. The third-order valence-corrected chi connectivity index (χ3v) is 4.81. The van der Waals surface area contributed by atoms with E-state index in [4.69, 9.17) is 9.47 Å². The molecule has 0 amide bonds. The average Bonchev–Trinajstić information content (AvgIpc) is 3.46. The lowest BCUT2D eigenvalue weighted by Gasteiger charge is -2.10. The van der Waals surface area contributed by atoms with Crippen LogP contribution in [0.5, 0.6) is 11.5 Å². The lowest BCUT2D eigenvalue weighted by molar-refractivity contribution is -0.110. The molecule has 2 aromatic rings. The van der Waals surface area contributed by atoms with Crippen LogP contribution in [0.25, 0.3) is 11.4 Å². The van der Waals surface area contributed by atoms with E-state index < -0.39 is 0 Å². The predicted octanol–water partition coefficient (Wildman–Crippen LogP) is 5.58. The summed E-state index contributed by atoms with van der Waals surface area (Å²) in [5, 5.41) is 11.0. The van der Waals surface area contributed by atoms with Crippen LogP contribution in [0.3, 0.4) is 0 Å². The van der Waals surface area contributed by atoms with Crippen molar-refractivity contribution in [2.75, 3.05) is 21.3 Å². The molecule has 1 aliphatic rings. The van der Waals surface area contributed by atoms with E-state index in [0.717, 1.165) is 19.1 Å². The van der Waals surface area contributed by atoms with Gasteiger partial charge >= 0.3 is 0 Å². The highest BCUT2D eigenvalue weighted by atomic mass is 16.5. The number of nitrogens with zero attached hydrogens (tertiary/aromatic N) is 2. The van der Waals surface area contributed by atoms with E-state index in [-0.39, 0.29) is 11.6 Å². The molecule has 2 N–H and O–H groups in total. The molecule has 1 aromatic heterocycles. The fraction of sp³-hybridized carbons (Fsp3) is 0.615. The molecule has 0 bridgehead atoms. The van der Waals surface area contributed by atoms with E-state index in [1.54, 1.807) is 39.5 Å². The lowest BCUT2D eigenvalue weighted by Crippen LogP contribution is -2.25. The minimum atomic E-state index is -0.267. The van der Waals surface area contributed by atoms with Gasteiger partial charge in [-0.2, -0.15) is 0 Å². The number of aromatic nitrogens is 3. The first-order valence-electron chi connectivity index (χ1n) is 12.4. The molecule has 8 heteroatoms. The zero-order valence-corrected chi connectivity index (χ0v) is 22.8. The van der Waals surface area contributed by atoms with Gasteiger partial charge in [-0.15, -0.1) is 10.2 Å². The van der Waals surface area contributed by atoms with Crippen molar-refractivity contribution in [3.05, 3.63) is 34.2 Å². The summed E-state index contributed by atoms with van der Waals surface area (Å²) < 4.78 is 10.4. The van der Waals surface area contributed by atoms with Crippen LogP contribution in [-0.2, 0) is 4.79 Å². The Morgan fingerprint density at radius 2 is 1.56 bits per heavy atom. The SMILES string of the molecule is CC.CC.CC.CNC(C)c1nnc(-c2ccc(OC)c(OC)c2)[nH]c1=O.O=CC1CCCC1. The highest BCUT2D eigenvalue weighted by molar-refractivity contribution is 5.60. The van der Waals surface area contributed by atoms with Gasteiger partial charge in [0.2, 0.25) is 0 Å². The largest absolute Gasteiger partial charge is 0.493 e. The number of carbonyl (C=O) groups excluding carboxylic acids is 1. The summed E-state index contributed by atoms with van der Waals surface area (Å²) >= 11 is 0. The summed E-state index contributed by atoms with van der Waals surface area (Å²) in [6.45, 7) is 13.8. The number of hydrogen-bond acceptors (Lipinski definition) is 7. The molecule has 1 aromatic carbocycles. The second-order valence-electron chi connectivity index (χ2n) is 6.65. The van der Waals surface area contributed by atoms with Gasteiger partial charge in [-0.05, 0) is 45.0 Å². The molecule has 1 saturated carbocycles. The number of aldehydes is 1. The zero-order chi connectivity index (χ0) is 26.5. The van der Waals surface area contributed by atoms with Crippen molar-refractivity contribution in [1.82, 2.24) is 20.5 Å². The van der Waals surface area contributed by atoms with Gasteiger partial charge in [0.05, 0.1) is 20.3 Å². The number of carbonyl (C=O) groups is 1. The van der Waals surface area contributed by atoms with Gasteiger partial charge in [0.1, 0.15) is 12.0 Å². The van der Waals surface area contributed by atoms with E-state index in [0.29, 0.717) is 34.5 Å². The molecule has 0 aliphatic heterocycles. The summed E-state index contributed by atoms with van der Waals surface area (Å²) in [5.41, 5.74) is 0.777. The van der Waals surface area contributed by atoms with Crippen molar-refractivity contribution >= 4 is 6.29 Å². The number of ether oxygens (including phenoxy) is 2.